The molecule has 1 fully saturated rings. The summed E-state index contributed by atoms with van der Waals surface area (Å²) in [5.41, 5.74) is 0. The van der Waals surface area contributed by atoms with Gasteiger partial charge in [-0.2, -0.15) is 0 Å². The van der Waals surface area contributed by atoms with E-state index in [0.29, 0.717) is 18.8 Å². The molecule has 1 rings (SSSR count). The lowest BCUT2D eigenvalue weighted by Crippen LogP contribution is -2.26. The smallest absolute Gasteiger partial charge is 0.313 e. The maximum Gasteiger partial charge on any atom is 0.313 e. The first kappa shape index (κ1) is 17.5. The zero-order valence-corrected chi connectivity index (χ0v) is 11.5. The summed E-state index contributed by atoms with van der Waals surface area (Å²) in [4.78, 5) is 21.6. The second-order valence-corrected chi connectivity index (χ2v) is 3.75. The molecule has 16 heavy (non-hydrogen) atoms. The van der Waals surface area contributed by atoms with E-state index in [1.54, 1.807) is 0 Å². The Bertz CT molecular complexity index is 181. The first-order chi connectivity index (χ1) is 7.58. The zero-order chi connectivity index (χ0) is 13.1. The van der Waals surface area contributed by atoms with Crippen LogP contribution >= 0.6 is 0 Å². The number of carbonyl (C=O) groups excluding carboxylic acids is 2. The van der Waals surface area contributed by atoms with Gasteiger partial charge < -0.3 is 4.74 Å². The molecular weight excluding hydrogens is 204 g/mol. The zero-order valence-electron chi connectivity index (χ0n) is 11.5. The highest BCUT2D eigenvalue weighted by Gasteiger charge is 2.27. The van der Waals surface area contributed by atoms with Gasteiger partial charge in [0.25, 0.3) is 0 Å². The van der Waals surface area contributed by atoms with Gasteiger partial charge in [-0.15, -0.1) is 0 Å². The summed E-state index contributed by atoms with van der Waals surface area (Å²) in [5, 5.41) is 0. The van der Waals surface area contributed by atoms with E-state index in [9.17, 15) is 9.59 Å². The summed E-state index contributed by atoms with van der Waals surface area (Å²) in [6, 6.07) is 0. The molecule has 0 bridgehead atoms. The summed E-state index contributed by atoms with van der Waals surface area (Å²) in [6.07, 6.45) is 1.74. The predicted octanol–water partition coefficient (Wildman–Crippen LogP) is 3.56. The van der Waals surface area contributed by atoms with Gasteiger partial charge in [-0.3, -0.25) is 9.59 Å². The Hall–Kier alpha value is -0.860. The molecule has 0 aromatic rings. The van der Waals surface area contributed by atoms with E-state index >= 15 is 0 Å². The van der Waals surface area contributed by atoms with Crippen LogP contribution in [0.2, 0.25) is 0 Å². The molecule has 0 amide bonds. The van der Waals surface area contributed by atoms with Crippen LogP contribution < -0.4 is 0 Å². The third-order valence-corrected chi connectivity index (χ3v) is 1.94. The second-order valence-electron chi connectivity index (χ2n) is 3.75. The lowest BCUT2D eigenvalue weighted by molar-refractivity contribution is -0.165. The summed E-state index contributed by atoms with van der Waals surface area (Å²) in [7, 11) is 0. The molecule has 0 N–H and O–H groups in total. The van der Waals surface area contributed by atoms with Crippen LogP contribution in [-0.4, -0.2) is 11.9 Å². The number of hydrogen-bond acceptors (Lipinski definition) is 3. The molecule has 0 aromatic carbocycles. The van der Waals surface area contributed by atoms with Crippen LogP contribution in [0.5, 0.6) is 0 Å². The minimum atomic E-state index is -0.364. The molecule has 1 aliphatic heterocycles. The van der Waals surface area contributed by atoms with Crippen LogP contribution in [0.4, 0.5) is 0 Å². The fourth-order valence-corrected chi connectivity index (χ4v) is 1.59. The molecule has 1 heterocycles. The fourth-order valence-electron chi connectivity index (χ4n) is 1.59. The molecule has 0 saturated carbocycles. The molecule has 0 aliphatic carbocycles. The summed E-state index contributed by atoms with van der Waals surface area (Å²) in [6.45, 7) is 12.2. The van der Waals surface area contributed by atoms with Gasteiger partial charge in [-0.25, -0.2) is 0 Å². The van der Waals surface area contributed by atoms with Crippen LogP contribution in [-0.2, 0) is 14.3 Å². The first-order valence-electron chi connectivity index (χ1n) is 6.31. The van der Waals surface area contributed by atoms with E-state index < -0.39 is 0 Å². The van der Waals surface area contributed by atoms with Crippen LogP contribution in [0.15, 0.2) is 0 Å². The van der Waals surface area contributed by atoms with E-state index in [-0.39, 0.29) is 17.9 Å². The Morgan fingerprint density at radius 2 is 1.44 bits per heavy atom. The quantitative estimate of drug-likeness (QED) is 0.538. The monoisotopic (exact) mass is 230 g/mol. The molecule has 1 aliphatic rings. The Labute approximate surface area is 99.6 Å². The highest BCUT2D eigenvalue weighted by atomic mass is 16.6. The van der Waals surface area contributed by atoms with Crippen molar-refractivity contribution >= 4 is 11.9 Å². The van der Waals surface area contributed by atoms with Gasteiger partial charge in [0.15, 0.2) is 0 Å². The number of carbonyl (C=O) groups is 2. The van der Waals surface area contributed by atoms with Gasteiger partial charge in [0.1, 0.15) is 0 Å². The predicted molar refractivity (Wildman–Crippen MR) is 66.0 cm³/mol. The van der Waals surface area contributed by atoms with Gasteiger partial charge in [-0.1, -0.05) is 41.5 Å². The standard InChI is InChI=1S/C9H14O3.2C2H6/c1-6(2)3-7-4-8(10)12-9(11)5-7;2*1-2/h6-7H,3-5H2,1-2H3;2*1-2H3. The van der Waals surface area contributed by atoms with Gasteiger partial charge in [-0.05, 0) is 18.3 Å². The Morgan fingerprint density at radius 3 is 1.75 bits per heavy atom. The molecule has 0 aromatic heterocycles. The van der Waals surface area contributed by atoms with Crippen molar-refractivity contribution in [3.8, 4) is 0 Å². The molecule has 3 heteroatoms. The summed E-state index contributed by atoms with van der Waals surface area (Å²) < 4.78 is 4.42. The van der Waals surface area contributed by atoms with Crippen LogP contribution in [0, 0.1) is 11.8 Å². The molecule has 96 valence electrons. The Balaban J connectivity index is 0. The summed E-state index contributed by atoms with van der Waals surface area (Å²) in [5.74, 6) is 0.0150. The van der Waals surface area contributed by atoms with Crippen LogP contribution in [0.3, 0.4) is 0 Å². The van der Waals surface area contributed by atoms with Crippen molar-refractivity contribution in [2.75, 3.05) is 0 Å². The van der Waals surface area contributed by atoms with Crippen LogP contribution in [0.25, 0.3) is 0 Å². The van der Waals surface area contributed by atoms with Crippen molar-refractivity contribution in [1.29, 1.82) is 0 Å². The lowest BCUT2D eigenvalue weighted by Gasteiger charge is -2.20. The van der Waals surface area contributed by atoms with Crippen molar-refractivity contribution < 1.29 is 14.3 Å². The molecule has 0 atom stereocenters. The third kappa shape index (κ3) is 8.45. The second kappa shape index (κ2) is 10.7. The van der Waals surface area contributed by atoms with Crippen molar-refractivity contribution in [2.45, 2.75) is 60.8 Å². The average molecular weight is 230 g/mol. The molecule has 0 spiro atoms. The van der Waals surface area contributed by atoms with Crippen molar-refractivity contribution in [3.63, 3.8) is 0 Å². The first-order valence-corrected chi connectivity index (χ1v) is 6.31. The van der Waals surface area contributed by atoms with Gasteiger partial charge in [0.05, 0.1) is 0 Å². The SMILES string of the molecule is CC.CC.CC(C)CC1CC(=O)OC(=O)C1. The van der Waals surface area contributed by atoms with E-state index in [0.717, 1.165) is 6.42 Å². The number of hydrogen-bond donors (Lipinski definition) is 0. The fraction of sp³-hybridized carbons (Fsp3) is 0.846. The lowest BCUT2D eigenvalue weighted by atomic mass is 9.90. The van der Waals surface area contributed by atoms with Gasteiger partial charge in [0, 0.05) is 12.8 Å². The minimum absolute atomic E-state index is 0.207. The summed E-state index contributed by atoms with van der Waals surface area (Å²) >= 11 is 0. The van der Waals surface area contributed by atoms with Crippen molar-refractivity contribution in [3.05, 3.63) is 0 Å². The normalized spacial score (nSPS) is 15.7. The Kier molecular flexibility index (Phi) is 11.7. The number of cyclic esters (lactones) is 2. The number of rotatable bonds is 2. The van der Waals surface area contributed by atoms with E-state index in [1.807, 2.05) is 27.7 Å². The molecule has 1 saturated heterocycles. The molecular formula is C13H26O3. The highest BCUT2D eigenvalue weighted by molar-refractivity contribution is 5.88. The van der Waals surface area contributed by atoms with Crippen molar-refractivity contribution in [1.82, 2.24) is 0 Å². The van der Waals surface area contributed by atoms with E-state index in [2.05, 4.69) is 18.6 Å². The largest absolute Gasteiger partial charge is 0.393 e. The van der Waals surface area contributed by atoms with Gasteiger partial charge in [0.2, 0.25) is 0 Å². The van der Waals surface area contributed by atoms with Gasteiger partial charge >= 0.3 is 11.9 Å². The van der Waals surface area contributed by atoms with Crippen molar-refractivity contribution in [2.24, 2.45) is 11.8 Å². The topological polar surface area (TPSA) is 43.4 Å². The number of ether oxygens (including phenoxy) is 1. The highest BCUT2D eigenvalue weighted by Crippen LogP contribution is 2.23. The molecule has 0 unspecified atom stereocenters. The third-order valence-electron chi connectivity index (χ3n) is 1.94. The van der Waals surface area contributed by atoms with E-state index in [1.165, 1.54) is 0 Å². The minimum Gasteiger partial charge on any atom is -0.393 e. The molecule has 0 radical (unpaired) electrons. The molecule has 3 nitrogen and oxygen atoms in total. The maximum atomic E-state index is 10.8. The van der Waals surface area contributed by atoms with E-state index in [4.69, 9.17) is 0 Å². The Morgan fingerprint density at radius 1 is 1.06 bits per heavy atom. The maximum absolute atomic E-state index is 10.8. The average Bonchev–Trinajstić information content (AvgIpc) is 2.21. The number of esters is 2. The van der Waals surface area contributed by atoms with Crippen LogP contribution in [0.1, 0.15) is 60.8 Å².